The number of nitriles is 1. The van der Waals surface area contributed by atoms with E-state index in [9.17, 15) is 4.79 Å². The minimum Gasteiger partial charge on any atom is -0.439 e. The lowest BCUT2D eigenvalue weighted by Crippen LogP contribution is -2.37. The van der Waals surface area contributed by atoms with E-state index in [4.69, 9.17) is 10.00 Å². The average Bonchev–Trinajstić information content (AvgIpc) is 2.65. The monoisotopic (exact) mass is 245 g/mol. The molecule has 0 spiro atoms. The summed E-state index contributed by atoms with van der Waals surface area (Å²) in [6.45, 7) is 5.85. The summed E-state index contributed by atoms with van der Waals surface area (Å²) in [5, 5.41) is 8.83. The highest BCUT2D eigenvalue weighted by Crippen LogP contribution is 2.33. The molecule has 0 saturated carbocycles. The Kier molecular flexibility index (Phi) is 3.19. The Labute approximate surface area is 106 Å². The summed E-state index contributed by atoms with van der Waals surface area (Å²) in [6, 6.07) is 5.47. The number of rotatable bonds is 2. The van der Waals surface area contributed by atoms with Crippen molar-refractivity contribution >= 4 is 6.09 Å². The smallest absolute Gasteiger partial charge is 0.411 e. The fraction of sp³-hybridized carbons (Fsp3) is 0.462. The molecule has 0 aliphatic carbocycles. The van der Waals surface area contributed by atoms with Crippen LogP contribution in [0.25, 0.3) is 0 Å². The summed E-state index contributed by atoms with van der Waals surface area (Å²) in [4.78, 5) is 17.4. The van der Waals surface area contributed by atoms with Gasteiger partial charge in [-0.1, -0.05) is 0 Å². The first-order valence-electron chi connectivity index (χ1n) is 5.89. The molecule has 0 aromatic carbocycles. The van der Waals surface area contributed by atoms with Gasteiger partial charge in [0.1, 0.15) is 17.9 Å². The summed E-state index contributed by atoms with van der Waals surface area (Å²) < 4.78 is 5.38. The van der Waals surface area contributed by atoms with Gasteiger partial charge in [0.25, 0.3) is 0 Å². The predicted molar refractivity (Wildman–Crippen MR) is 64.6 cm³/mol. The normalized spacial score (nSPS) is 23.1. The van der Waals surface area contributed by atoms with Crippen LogP contribution < -0.4 is 0 Å². The van der Waals surface area contributed by atoms with E-state index >= 15 is 0 Å². The van der Waals surface area contributed by atoms with E-state index in [1.165, 1.54) is 0 Å². The fourth-order valence-electron chi connectivity index (χ4n) is 2.29. The standard InChI is InChI=1S/C13H15N3O2/c1-8(2)16-9(3)12(18-13(16)17)10-4-5-15-11(6-10)7-14/h4-6,8-9,12H,1-3H3/t9-,12-/m0/s1. The number of pyridine rings is 1. The molecular weight excluding hydrogens is 230 g/mol. The van der Waals surface area contributed by atoms with Crippen LogP contribution >= 0.6 is 0 Å². The number of hydrogen-bond acceptors (Lipinski definition) is 4. The number of amides is 1. The average molecular weight is 245 g/mol. The Morgan fingerprint density at radius 1 is 1.56 bits per heavy atom. The van der Waals surface area contributed by atoms with Crippen molar-refractivity contribution in [3.05, 3.63) is 29.6 Å². The third-order valence-corrected chi connectivity index (χ3v) is 3.10. The van der Waals surface area contributed by atoms with Crippen molar-refractivity contribution in [1.82, 2.24) is 9.88 Å². The highest BCUT2D eigenvalue weighted by molar-refractivity contribution is 5.71. The van der Waals surface area contributed by atoms with Gasteiger partial charge < -0.3 is 4.74 Å². The van der Waals surface area contributed by atoms with E-state index in [0.717, 1.165) is 5.56 Å². The second-order valence-electron chi connectivity index (χ2n) is 4.63. The van der Waals surface area contributed by atoms with E-state index in [2.05, 4.69) is 4.98 Å². The van der Waals surface area contributed by atoms with Gasteiger partial charge in [-0.3, -0.25) is 4.90 Å². The summed E-state index contributed by atoms with van der Waals surface area (Å²) >= 11 is 0. The van der Waals surface area contributed by atoms with E-state index in [-0.39, 0.29) is 24.3 Å². The van der Waals surface area contributed by atoms with Gasteiger partial charge in [-0.15, -0.1) is 0 Å². The van der Waals surface area contributed by atoms with Crippen LogP contribution in [-0.2, 0) is 4.74 Å². The zero-order valence-electron chi connectivity index (χ0n) is 10.6. The first kappa shape index (κ1) is 12.4. The van der Waals surface area contributed by atoms with Gasteiger partial charge in [-0.2, -0.15) is 5.26 Å². The van der Waals surface area contributed by atoms with Gasteiger partial charge in [-0.25, -0.2) is 9.78 Å². The van der Waals surface area contributed by atoms with Gasteiger partial charge in [-0.05, 0) is 38.5 Å². The topological polar surface area (TPSA) is 66.2 Å². The van der Waals surface area contributed by atoms with Gasteiger partial charge in [0.15, 0.2) is 0 Å². The molecule has 1 aliphatic rings. The quantitative estimate of drug-likeness (QED) is 0.801. The number of nitrogens with zero attached hydrogens (tertiary/aromatic N) is 3. The molecule has 1 aromatic rings. The molecule has 5 heteroatoms. The van der Waals surface area contributed by atoms with Crippen molar-refractivity contribution in [3.63, 3.8) is 0 Å². The van der Waals surface area contributed by atoms with Gasteiger partial charge in [0.2, 0.25) is 0 Å². The van der Waals surface area contributed by atoms with Crippen LogP contribution in [0.3, 0.4) is 0 Å². The van der Waals surface area contributed by atoms with E-state index in [1.54, 1.807) is 23.2 Å². The largest absolute Gasteiger partial charge is 0.439 e. The summed E-state index contributed by atoms with van der Waals surface area (Å²) in [5.41, 5.74) is 1.14. The van der Waals surface area contributed by atoms with E-state index in [1.807, 2.05) is 26.8 Å². The van der Waals surface area contributed by atoms with Crippen LogP contribution in [0.4, 0.5) is 4.79 Å². The highest BCUT2D eigenvalue weighted by Gasteiger charge is 2.40. The van der Waals surface area contributed by atoms with Gasteiger partial charge in [0.05, 0.1) is 6.04 Å². The fourth-order valence-corrected chi connectivity index (χ4v) is 2.29. The molecular formula is C13H15N3O2. The summed E-state index contributed by atoms with van der Waals surface area (Å²) in [7, 11) is 0. The molecule has 0 bridgehead atoms. The Hall–Kier alpha value is -2.09. The Morgan fingerprint density at radius 3 is 2.83 bits per heavy atom. The molecule has 0 radical (unpaired) electrons. The molecule has 1 saturated heterocycles. The molecule has 2 atom stereocenters. The van der Waals surface area contributed by atoms with E-state index in [0.29, 0.717) is 5.69 Å². The van der Waals surface area contributed by atoms with Crippen LogP contribution in [0.15, 0.2) is 18.3 Å². The maximum atomic E-state index is 11.8. The number of ether oxygens (including phenoxy) is 1. The lowest BCUT2D eigenvalue weighted by molar-refractivity contribution is 0.129. The molecule has 18 heavy (non-hydrogen) atoms. The zero-order chi connectivity index (χ0) is 13.3. The maximum absolute atomic E-state index is 11.8. The van der Waals surface area contributed by atoms with Crippen molar-refractivity contribution in [2.45, 2.75) is 39.0 Å². The number of aromatic nitrogens is 1. The van der Waals surface area contributed by atoms with Crippen molar-refractivity contribution in [2.24, 2.45) is 0 Å². The van der Waals surface area contributed by atoms with Crippen LogP contribution in [-0.4, -0.2) is 28.1 Å². The lowest BCUT2D eigenvalue weighted by atomic mass is 10.0. The second kappa shape index (κ2) is 4.65. The first-order chi connectivity index (χ1) is 8.54. The highest BCUT2D eigenvalue weighted by atomic mass is 16.6. The lowest BCUT2D eigenvalue weighted by Gasteiger charge is -2.24. The maximum Gasteiger partial charge on any atom is 0.411 e. The molecule has 1 fully saturated rings. The number of cyclic esters (lactones) is 1. The third-order valence-electron chi connectivity index (χ3n) is 3.10. The molecule has 1 aromatic heterocycles. The second-order valence-corrected chi connectivity index (χ2v) is 4.63. The minimum atomic E-state index is -0.338. The Morgan fingerprint density at radius 2 is 2.28 bits per heavy atom. The third kappa shape index (κ3) is 2.02. The Balaban J connectivity index is 2.30. The van der Waals surface area contributed by atoms with E-state index < -0.39 is 0 Å². The van der Waals surface area contributed by atoms with Crippen molar-refractivity contribution in [3.8, 4) is 6.07 Å². The van der Waals surface area contributed by atoms with Crippen LogP contribution in [0.5, 0.6) is 0 Å². The zero-order valence-corrected chi connectivity index (χ0v) is 10.6. The van der Waals surface area contributed by atoms with Crippen LogP contribution in [0.1, 0.15) is 38.1 Å². The molecule has 5 nitrogen and oxygen atoms in total. The number of carbonyl (C=O) groups excluding carboxylic acids is 1. The van der Waals surface area contributed by atoms with Gasteiger partial charge >= 0.3 is 6.09 Å². The van der Waals surface area contributed by atoms with Crippen molar-refractivity contribution in [2.75, 3.05) is 0 Å². The van der Waals surface area contributed by atoms with Gasteiger partial charge in [0, 0.05) is 12.2 Å². The Bertz CT molecular complexity index is 507. The molecule has 1 aliphatic heterocycles. The minimum absolute atomic E-state index is 0.0496. The van der Waals surface area contributed by atoms with Crippen molar-refractivity contribution in [1.29, 1.82) is 5.26 Å². The summed E-state index contributed by atoms with van der Waals surface area (Å²) in [6.07, 6.45) is 0.916. The molecule has 0 N–H and O–H groups in total. The molecule has 0 unspecified atom stereocenters. The predicted octanol–water partition coefficient (Wildman–Crippen LogP) is 2.24. The molecule has 2 heterocycles. The van der Waals surface area contributed by atoms with Crippen LogP contribution in [0.2, 0.25) is 0 Å². The van der Waals surface area contributed by atoms with Crippen LogP contribution in [0, 0.1) is 11.3 Å². The number of carbonyl (C=O) groups is 1. The summed E-state index contributed by atoms with van der Waals surface area (Å²) in [5.74, 6) is 0. The molecule has 94 valence electrons. The molecule has 1 amide bonds. The molecule has 2 rings (SSSR count). The van der Waals surface area contributed by atoms with Crippen molar-refractivity contribution < 1.29 is 9.53 Å². The first-order valence-corrected chi connectivity index (χ1v) is 5.89. The SMILES string of the molecule is CC(C)N1C(=O)O[C@H](c2ccnc(C#N)c2)[C@@H]1C. The number of hydrogen-bond donors (Lipinski definition) is 0.